The molecule has 2 aromatic carbocycles. The summed E-state index contributed by atoms with van der Waals surface area (Å²) in [4.78, 5) is 0. The van der Waals surface area contributed by atoms with E-state index in [-0.39, 0.29) is 5.02 Å². The summed E-state index contributed by atoms with van der Waals surface area (Å²) in [5.41, 5.74) is 2.68. The van der Waals surface area contributed by atoms with E-state index >= 15 is 0 Å². The number of rotatable bonds is 3. The summed E-state index contributed by atoms with van der Waals surface area (Å²) in [7, 11) is 0. The minimum atomic E-state index is -0.432. The van der Waals surface area contributed by atoms with Gasteiger partial charge in [0.05, 0.1) is 10.9 Å². The van der Waals surface area contributed by atoms with Crippen LogP contribution in [0.3, 0.4) is 0 Å². The predicted molar refractivity (Wildman–Crippen MR) is 84.5 cm³/mol. The van der Waals surface area contributed by atoms with E-state index in [1.807, 2.05) is 25.1 Å². The Morgan fingerprint density at radius 2 is 2.00 bits per heavy atom. The highest BCUT2D eigenvalue weighted by Crippen LogP contribution is 2.21. The number of hydrogen-bond donors (Lipinski definition) is 0. The van der Waals surface area contributed by atoms with Crippen LogP contribution in [0, 0.1) is 24.6 Å². The van der Waals surface area contributed by atoms with Gasteiger partial charge in [-0.3, -0.25) is 0 Å². The maximum atomic E-state index is 13.1. The summed E-state index contributed by atoms with van der Waals surface area (Å²) >= 11 is 11.3. The Kier molecular flexibility index (Phi) is 5.50. The third kappa shape index (κ3) is 4.39. The van der Waals surface area contributed by atoms with Crippen LogP contribution in [0.1, 0.15) is 16.7 Å². The first-order valence-corrected chi connectivity index (χ1v) is 7.23. The van der Waals surface area contributed by atoms with Gasteiger partial charge < -0.3 is 4.74 Å². The van der Waals surface area contributed by atoms with Gasteiger partial charge in [-0.1, -0.05) is 29.5 Å². The molecule has 0 saturated carbocycles. The molecule has 0 aromatic heterocycles. The van der Waals surface area contributed by atoms with Crippen molar-refractivity contribution in [3.63, 3.8) is 0 Å². The van der Waals surface area contributed by atoms with Crippen molar-refractivity contribution in [3.8, 4) is 17.6 Å². The Morgan fingerprint density at radius 1 is 1.19 bits per heavy atom. The van der Waals surface area contributed by atoms with Gasteiger partial charge in [0.15, 0.2) is 0 Å². The molecule has 2 aromatic rings. The summed E-state index contributed by atoms with van der Waals surface area (Å²) in [5, 5.41) is 0.0968. The van der Waals surface area contributed by atoms with E-state index in [1.165, 1.54) is 6.07 Å². The fourth-order valence-electron chi connectivity index (χ4n) is 1.82. The lowest BCUT2D eigenvalue weighted by atomic mass is 10.1. The molecule has 0 aliphatic heterocycles. The van der Waals surface area contributed by atoms with Crippen LogP contribution in [0.4, 0.5) is 4.39 Å². The highest BCUT2D eigenvalue weighted by Gasteiger charge is 2.04. The van der Waals surface area contributed by atoms with Crippen molar-refractivity contribution in [1.82, 2.24) is 0 Å². The van der Waals surface area contributed by atoms with E-state index < -0.39 is 5.82 Å². The van der Waals surface area contributed by atoms with Crippen LogP contribution in [0.2, 0.25) is 5.02 Å². The number of alkyl halides is 1. The Hall–Kier alpha value is -1.69. The molecule has 0 aliphatic carbocycles. The number of hydrogen-bond acceptors (Lipinski definition) is 1. The van der Waals surface area contributed by atoms with E-state index in [4.69, 9.17) is 27.9 Å². The molecule has 2 rings (SSSR count). The number of ether oxygens (including phenoxy) is 1. The van der Waals surface area contributed by atoms with Gasteiger partial charge in [-0.15, -0.1) is 11.6 Å². The molecule has 0 bridgehead atoms. The fraction of sp³-hybridized carbons (Fsp3) is 0.176. The summed E-state index contributed by atoms with van der Waals surface area (Å²) in [6, 6.07) is 10.2. The lowest BCUT2D eigenvalue weighted by Crippen LogP contribution is -1.97. The Labute approximate surface area is 133 Å². The van der Waals surface area contributed by atoms with Crippen LogP contribution in [0.15, 0.2) is 36.4 Å². The lowest BCUT2D eigenvalue weighted by Gasteiger charge is -2.10. The number of aryl methyl sites for hydroxylation is 1. The quantitative estimate of drug-likeness (QED) is 0.573. The van der Waals surface area contributed by atoms with Crippen molar-refractivity contribution >= 4 is 23.2 Å². The molecule has 1 nitrogen and oxygen atoms in total. The standard InChI is InChI=1S/C17H13Cl2FO/c1-12-9-13(3-2-8-18)5-7-17(12)21-11-14-4-6-16(20)15(19)10-14/h4-7,9-10H,8,11H2,1H3. The van der Waals surface area contributed by atoms with E-state index in [9.17, 15) is 4.39 Å². The highest BCUT2D eigenvalue weighted by atomic mass is 35.5. The maximum Gasteiger partial charge on any atom is 0.141 e. The van der Waals surface area contributed by atoms with Crippen LogP contribution < -0.4 is 4.74 Å². The maximum absolute atomic E-state index is 13.1. The zero-order chi connectivity index (χ0) is 15.2. The van der Waals surface area contributed by atoms with Crippen molar-refractivity contribution < 1.29 is 9.13 Å². The zero-order valence-electron chi connectivity index (χ0n) is 11.4. The summed E-state index contributed by atoms with van der Waals surface area (Å²) in [5.74, 6) is 6.39. The minimum absolute atomic E-state index is 0.0968. The van der Waals surface area contributed by atoms with Crippen LogP contribution in [-0.2, 0) is 6.61 Å². The largest absolute Gasteiger partial charge is 0.489 e. The average molecular weight is 323 g/mol. The average Bonchev–Trinajstić information content (AvgIpc) is 2.47. The monoisotopic (exact) mass is 322 g/mol. The van der Waals surface area contributed by atoms with Gasteiger partial charge in [-0.05, 0) is 48.4 Å². The third-order valence-electron chi connectivity index (χ3n) is 2.85. The Balaban J connectivity index is 2.07. The van der Waals surface area contributed by atoms with Crippen molar-refractivity contribution in [1.29, 1.82) is 0 Å². The van der Waals surface area contributed by atoms with Crippen LogP contribution in [-0.4, -0.2) is 5.88 Å². The number of halogens is 3. The van der Waals surface area contributed by atoms with Gasteiger partial charge in [-0.2, -0.15) is 0 Å². The lowest BCUT2D eigenvalue weighted by molar-refractivity contribution is 0.304. The van der Waals surface area contributed by atoms with E-state index in [0.717, 1.165) is 22.4 Å². The molecule has 0 heterocycles. The Morgan fingerprint density at radius 3 is 2.67 bits per heavy atom. The van der Waals surface area contributed by atoms with Crippen molar-refractivity contribution in [2.24, 2.45) is 0 Å². The van der Waals surface area contributed by atoms with E-state index in [0.29, 0.717) is 12.5 Å². The molecule has 0 saturated heterocycles. The molecular formula is C17H13Cl2FO. The summed E-state index contributed by atoms with van der Waals surface area (Å²) in [6.45, 7) is 2.27. The molecule has 0 unspecified atom stereocenters. The zero-order valence-corrected chi connectivity index (χ0v) is 12.9. The minimum Gasteiger partial charge on any atom is -0.489 e. The fourth-order valence-corrected chi connectivity index (χ4v) is 2.09. The van der Waals surface area contributed by atoms with Crippen molar-refractivity contribution in [2.75, 3.05) is 5.88 Å². The van der Waals surface area contributed by atoms with Gasteiger partial charge in [-0.25, -0.2) is 4.39 Å². The van der Waals surface area contributed by atoms with Crippen LogP contribution in [0.25, 0.3) is 0 Å². The van der Waals surface area contributed by atoms with Gasteiger partial charge in [0.1, 0.15) is 18.2 Å². The number of benzene rings is 2. The van der Waals surface area contributed by atoms with E-state index in [2.05, 4.69) is 11.8 Å². The smallest absolute Gasteiger partial charge is 0.141 e. The molecule has 0 N–H and O–H groups in total. The molecule has 108 valence electrons. The Bertz CT molecular complexity index is 702. The highest BCUT2D eigenvalue weighted by molar-refractivity contribution is 6.30. The second-order valence-corrected chi connectivity index (χ2v) is 5.13. The molecule has 0 spiro atoms. The van der Waals surface area contributed by atoms with Gasteiger partial charge >= 0.3 is 0 Å². The van der Waals surface area contributed by atoms with Crippen LogP contribution >= 0.6 is 23.2 Å². The second-order valence-electron chi connectivity index (χ2n) is 4.45. The molecule has 0 fully saturated rings. The predicted octanol–water partition coefficient (Wildman–Crippen LogP) is 4.96. The van der Waals surface area contributed by atoms with Gasteiger partial charge in [0, 0.05) is 5.56 Å². The van der Waals surface area contributed by atoms with Crippen molar-refractivity contribution in [2.45, 2.75) is 13.5 Å². The van der Waals surface area contributed by atoms with Gasteiger partial charge in [0.25, 0.3) is 0 Å². The molecule has 0 aliphatic rings. The second kappa shape index (κ2) is 7.36. The van der Waals surface area contributed by atoms with Gasteiger partial charge in [0.2, 0.25) is 0 Å². The molecule has 4 heteroatoms. The summed E-state index contributed by atoms with van der Waals surface area (Å²) in [6.07, 6.45) is 0. The molecule has 0 atom stereocenters. The van der Waals surface area contributed by atoms with Crippen molar-refractivity contribution in [3.05, 3.63) is 63.9 Å². The normalized spacial score (nSPS) is 9.90. The molecule has 0 radical (unpaired) electrons. The molecule has 21 heavy (non-hydrogen) atoms. The third-order valence-corrected chi connectivity index (χ3v) is 3.28. The SMILES string of the molecule is Cc1cc(C#CCCl)ccc1OCc1ccc(F)c(Cl)c1. The topological polar surface area (TPSA) is 9.23 Å². The molecule has 0 amide bonds. The summed E-state index contributed by atoms with van der Waals surface area (Å²) < 4.78 is 18.8. The first-order valence-electron chi connectivity index (χ1n) is 6.32. The first-order chi connectivity index (χ1) is 10.1. The van der Waals surface area contributed by atoms with E-state index in [1.54, 1.807) is 12.1 Å². The first kappa shape index (κ1) is 15.7. The van der Waals surface area contributed by atoms with Crippen LogP contribution in [0.5, 0.6) is 5.75 Å². The molecular weight excluding hydrogens is 310 g/mol.